The van der Waals surface area contributed by atoms with Crippen molar-refractivity contribution in [3.05, 3.63) is 11.6 Å². The number of hydrogen-bond donors (Lipinski definition) is 2. The Balaban J connectivity index is 0.00000169. The van der Waals surface area contributed by atoms with Crippen molar-refractivity contribution in [1.82, 2.24) is 19.5 Å². The quantitative estimate of drug-likeness (QED) is 0.627. The van der Waals surface area contributed by atoms with E-state index in [-0.39, 0.29) is 17.7 Å². The first kappa shape index (κ1) is 17.7. The molecule has 0 aliphatic heterocycles. The van der Waals surface area contributed by atoms with E-state index >= 15 is 0 Å². The predicted octanol–water partition coefficient (Wildman–Crippen LogP) is 4.08. The third-order valence-corrected chi connectivity index (χ3v) is 5.31. The van der Waals surface area contributed by atoms with Crippen LogP contribution in [-0.2, 0) is 0 Å². The highest BCUT2D eigenvalue weighted by Crippen LogP contribution is 2.35. The van der Waals surface area contributed by atoms with E-state index in [0.717, 1.165) is 44.2 Å². The maximum atomic E-state index is 10.7. The molecule has 2 aliphatic rings. The van der Waals surface area contributed by atoms with Crippen LogP contribution in [-0.4, -0.2) is 30.4 Å². The van der Waals surface area contributed by atoms with Gasteiger partial charge in [0, 0.05) is 6.04 Å². The van der Waals surface area contributed by atoms with Gasteiger partial charge in [0.1, 0.15) is 5.72 Å². The Morgan fingerprint density at radius 3 is 2.54 bits per heavy atom. The van der Waals surface area contributed by atoms with Gasteiger partial charge in [0.25, 0.3) is 0 Å². The highest BCUT2D eigenvalue weighted by molar-refractivity contribution is 6.28. The third-order valence-electron chi connectivity index (χ3n) is 5.14. The zero-order valence-corrected chi connectivity index (χ0v) is 15.1. The van der Waals surface area contributed by atoms with Gasteiger partial charge in [0.05, 0.1) is 6.33 Å². The zero-order valence-electron chi connectivity index (χ0n) is 13.5. The molecule has 2 aromatic heterocycles. The van der Waals surface area contributed by atoms with Crippen molar-refractivity contribution in [1.29, 1.82) is 0 Å². The third kappa shape index (κ3) is 3.32. The van der Waals surface area contributed by atoms with Crippen LogP contribution in [0.25, 0.3) is 11.2 Å². The van der Waals surface area contributed by atoms with Gasteiger partial charge in [0.2, 0.25) is 5.28 Å². The first-order chi connectivity index (χ1) is 11.1. The molecule has 24 heavy (non-hydrogen) atoms. The topological polar surface area (TPSA) is 75.9 Å². The van der Waals surface area contributed by atoms with Crippen LogP contribution >= 0.6 is 24.0 Å². The fourth-order valence-electron chi connectivity index (χ4n) is 3.91. The molecular weight excluding hydrogens is 349 g/mol. The van der Waals surface area contributed by atoms with E-state index in [1.54, 1.807) is 0 Å². The summed E-state index contributed by atoms with van der Waals surface area (Å²) in [6, 6.07) is 0.441. The van der Waals surface area contributed by atoms with E-state index in [9.17, 15) is 5.11 Å². The molecule has 0 bridgehead atoms. The maximum absolute atomic E-state index is 10.7. The van der Waals surface area contributed by atoms with Gasteiger partial charge in [-0.25, -0.2) is 4.98 Å². The molecule has 6 nitrogen and oxygen atoms in total. The van der Waals surface area contributed by atoms with Crippen LogP contribution in [0.1, 0.15) is 63.8 Å². The summed E-state index contributed by atoms with van der Waals surface area (Å²) >= 11 is 6.14. The van der Waals surface area contributed by atoms with Crippen molar-refractivity contribution in [2.24, 2.45) is 0 Å². The number of imidazole rings is 1. The number of aliphatic hydroxyl groups is 1. The Labute approximate surface area is 152 Å². The van der Waals surface area contributed by atoms with Crippen molar-refractivity contribution in [2.45, 2.75) is 69.6 Å². The van der Waals surface area contributed by atoms with Crippen LogP contribution in [0.5, 0.6) is 0 Å². The van der Waals surface area contributed by atoms with Gasteiger partial charge in [-0.2, -0.15) is 9.97 Å². The molecule has 2 saturated carbocycles. The summed E-state index contributed by atoms with van der Waals surface area (Å²) in [4.78, 5) is 13.2. The normalized spacial score (nSPS) is 20.9. The molecule has 132 valence electrons. The van der Waals surface area contributed by atoms with E-state index in [4.69, 9.17) is 11.6 Å². The summed E-state index contributed by atoms with van der Waals surface area (Å²) < 4.78 is 2.12. The minimum absolute atomic E-state index is 0. The minimum Gasteiger partial charge on any atom is -0.371 e. The molecule has 4 rings (SSSR count). The lowest BCUT2D eigenvalue weighted by molar-refractivity contribution is 0.0314. The average Bonchev–Trinajstić information content (AvgIpc) is 3.16. The van der Waals surface area contributed by atoms with Crippen molar-refractivity contribution in [3.8, 4) is 0 Å². The average molecular weight is 372 g/mol. The second-order valence-corrected chi connectivity index (χ2v) is 7.16. The van der Waals surface area contributed by atoms with Gasteiger partial charge >= 0.3 is 0 Å². The Bertz CT molecular complexity index is 708. The Morgan fingerprint density at radius 2 is 1.83 bits per heavy atom. The molecular formula is C16H23Cl2N5O. The lowest BCUT2D eigenvalue weighted by atomic mass is 9.92. The van der Waals surface area contributed by atoms with Crippen LogP contribution in [0.2, 0.25) is 5.28 Å². The van der Waals surface area contributed by atoms with Crippen molar-refractivity contribution < 1.29 is 5.11 Å². The number of nitrogens with one attached hydrogen (secondary N) is 1. The summed E-state index contributed by atoms with van der Waals surface area (Å²) in [6.45, 7) is 0. The van der Waals surface area contributed by atoms with E-state index in [0.29, 0.717) is 17.4 Å². The molecule has 0 radical (unpaired) electrons. The second-order valence-electron chi connectivity index (χ2n) is 6.82. The Morgan fingerprint density at radius 1 is 1.12 bits per heavy atom. The van der Waals surface area contributed by atoms with Crippen LogP contribution in [0.15, 0.2) is 6.33 Å². The highest BCUT2D eigenvalue weighted by atomic mass is 35.5. The Kier molecular flexibility index (Phi) is 5.18. The zero-order chi connectivity index (χ0) is 15.9. The van der Waals surface area contributed by atoms with Gasteiger partial charge in [0.15, 0.2) is 17.0 Å². The number of nitrogens with zero attached hydrogens (tertiary/aromatic N) is 4. The lowest BCUT2D eigenvalue weighted by Crippen LogP contribution is -2.40. The van der Waals surface area contributed by atoms with E-state index in [2.05, 4.69) is 24.8 Å². The molecule has 2 N–H and O–H groups in total. The standard InChI is InChI=1S/C16H22ClN5O.ClH/c17-15-19-13(21-16(23)8-4-1-5-9-16)12-14(20-15)22(10-18-12)11-6-2-3-7-11;/h10-11,23H,1-9H2,(H,19,20,21);1H. The molecule has 2 aromatic rings. The largest absolute Gasteiger partial charge is 0.371 e. The summed E-state index contributed by atoms with van der Waals surface area (Å²) in [6.07, 6.45) is 11.3. The molecule has 2 fully saturated rings. The first-order valence-corrected chi connectivity index (χ1v) is 8.93. The molecule has 0 saturated heterocycles. The molecule has 8 heteroatoms. The van der Waals surface area contributed by atoms with Gasteiger partial charge in [-0.05, 0) is 50.1 Å². The van der Waals surface area contributed by atoms with Crippen molar-refractivity contribution in [2.75, 3.05) is 5.32 Å². The van der Waals surface area contributed by atoms with Gasteiger partial charge in [-0.1, -0.05) is 19.3 Å². The van der Waals surface area contributed by atoms with E-state index < -0.39 is 5.72 Å². The van der Waals surface area contributed by atoms with Crippen LogP contribution in [0.3, 0.4) is 0 Å². The molecule has 0 aromatic carbocycles. The number of anilines is 1. The van der Waals surface area contributed by atoms with Crippen LogP contribution in [0.4, 0.5) is 5.82 Å². The molecule has 2 aliphatic carbocycles. The second kappa shape index (κ2) is 7.02. The SMILES string of the molecule is Cl.OC1(Nc2nc(Cl)nc3c2ncn3C2CCCC2)CCCCC1. The van der Waals surface area contributed by atoms with Gasteiger partial charge < -0.3 is 15.0 Å². The maximum Gasteiger partial charge on any atom is 0.226 e. The number of rotatable bonds is 3. The fraction of sp³-hybridized carbons (Fsp3) is 0.688. The number of halogens is 2. The van der Waals surface area contributed by atoms with Crippen molar-refractivity contribution in [3.63, 3.8) is 0 Å². The summed E-state index contributed by atoms with van der Waals surface area (Å²) in [5, 5.41) is 14.1. The summed E-state index contributed by atoms with van der Waals surface area (Å²) in [5.74, 6) is 0.543. The highest BCUT2D eigenvalue weighted by Gasteiger charge is 2.31. The predicted molar refractivity (Wildman–Crippen MR) is 96.7 cm³/mol. The van der Waals surface area contributed by atoms with E-state index in [1.165, 1.54) is 19.3 Å². The molecule has 0 unspecified atom stereocenters. The van der Waals surface area contributed by atoms with Crippen molar-refractivity contribution >= 4 is 41.0 Å². The molecule has 0 spiro atoms. The number of fused-ring (bicyclic) bond motifs is 1. The number of aromatic nitrogens is 4. The monoisotopic (exact) mass is 371 g/mol. The number of hydrogen-bond acceptors (Lipinski definition) is 5. The molecule has 0 amide bonds. The van der Waals surface area contributed by atoms with Crippen LogP contribution < -0.4 is 5.32 Å². The minimum atomic E-state index is -0.917. The van der Waals surface area contributed by atoms with E-state index in [1.807, 2.05) is 6.33 Å². The molecule has 2 heterocycles. The van der Waals surface area contributed by atoms with Crippen LogP contribution in [0, 0.1) is 0 Å². The molecule has 0 atom stereocenters. The van der Waals surface area contributed by atoms with Gasteiger partial charge in [-0.3, -0.25) is 0 Å². The first-order valence-electron chi connectivity index (χ1n) is 8.55. The summed E-state index contributed by atoms with van der Waals surface area (Å²) in [7, 11) is 0. The summed E-state index contributed by atoms with van der Waals surface area (Å²) in [5.41, 5.74) is 0.541. The fourth-order valence-corrected chi connectivity index (χ4v) is 4.07. The van der Waals surface area contributed by atoms with Gasteiger partial charge in [-0.15, -0.1) is 12.4 Å². The smallest absolute Gasteiger partial charge is 0.226 e. The Hall–Kier alpha value is -1.11. The lowest BCUT2D eigenvalue weighted by Gasteiger charge is -2.33.